The molecular weight excluding hydrogens is 308 g/mol. The van der Waals surface area contributed by atoms with E-state index in [1.54, 1.807) is 7.05 Å². The first-order chi connectivity index (χ1) is 9.94. The van der Waals surface area contributed by atoms with E-state index in [9.17, 15) is 8.42 Å². The number of benzene rings is 2. The maximum atomic E-state index is 12.4. The van der Waals surface area contributed by atoms with Crippen molar-refractivity contribution in [3.05, 3.63) is 64.7 Å². The molecule has 0 aliphatic rings. The topological polar surface area (TPSA) is 58.5 Å². The smallest absolute Gasteiger partial charge is 0.263 e. The molecular formula is C15H15ClN2O2S. The van der Waals surface area contributed by atoms with Gasteiger partial charge in [0.05, 0.1) is 4.90 Å². The van der Waals surface area contributed by atoms with Crippen LogP contribution in [-0.4, -0.2) is 21.3 Å². The van der Waals surface area contributed by atoms with Crippen LogP contribution in [0.1, 0.15) is 11.1 Å². The van der Waals surface area contributed by atoms with Crippen molar-refractivity contribution in [2.75, 3.05) is 7.05 Å². The SMILES string of the molecule is CN=C(NS(=O)(=O)c1ccc(Cl)cc1)c1ccccc1C. The lowest BCUT2D eigenvalue weighted by Crippen LogP contribution is -2.31. The number of nitrogens with one attached hydrogen (secondary N) is 1. The fourth-order valence-corrected chi connectivity index (χ4v) is 3.05. The predicted octanol–water partition coefficient (Wildman–Crippen LogP) is 3.00. The Hall–Kier alpha value is -1.85. The van der Waals surface area contributed by atoms with E-state index in [2.05, 4.69) is 9.71 Å². The average molecular weight is 323 g/mol. The number of aliphatic imine (C=N–C) groups is 1. The van der Waals surface area contributed by atoms with Gasteiger partial charge in [-0.2, -0.15) is 0 Å². The molecule has 0 saturated carbocycles. The summed E-state index contributed by atoms with van der Waals surface area (Å²) in [5.74, 6) is 0.308. The van der Waals surface area contributed by atoms with Crippen LogP contribution in [0.3, 0.4) is 0 Å². The maximum absolute atomic E-state index is 12.4. The van der Waals surface area contributed by atoms with E-state index in [0.717, 1.165) is 11.1 Å². The number of hydrogen-bond acceptors (Lipinski definition) is 3. The number of halogens is 1. The van der Waals surface area contributed by atoms with Gasteiger partial charge in [0.15, 0.2) is 0 Å². The lowest BCUT2D eigenvalue weighted by Gasteiger charge is -2.12. The van der Waals surface area contributed by atoms with Gasteiger partial charge >= 0.3 is 0 Å². The zero-order valence-corrected chi connectivity index (χ0v) is 13.2. The Labute approximate surface area is 129 Å². The number of rotatable bonds is 3. The quantitative estimate of drug-likeness (QED) is 0.697. The lowest BCUT2D eigenvalue weighted by molar-refractivity contribution is 0.592. The summed E-state index contributed by atoms with van der Waals surface area (Å²) >= 11 is 5.77. The van der Waals surface area contributed by atoms with E-state index in [1.807, 2.05) is 31.2 Å². The van der Waals surface area contributed by atoms with Crippen molar-refractivity contribution in [1.29, 1.82) is 0 Å². The predicted molar refractivity (Wildman–Crippen MR) is 85.4 cm³/mol. The molecule has 2 aromatic rings. The molecule has 0 aliphatic heterocycles. The van der Waals surface area contributed by atoms with E-state index >= 15 is 0 Å². The van der Waals surface area contributed by atoms with Gasteiger partial charge in [0.2, 0.25) is 0 Å². The standard InChI is InChI=1S/C15H15ClN2O2S/c1-11-5-3-4-6-14(11)15(17-2)18-21(19,20)13-9-7-12(16)8-10-13/h3-10H,1-2H3,(H,17,18). The third kappa shape index (κ3) is 3.62. The van der Waals surface area contributed by atoms with Crippen LogP contribution in [0, 0.1) is 6.92 Å². The van der Waals surface area contributed by atoms with Crippen LogP contribution >= 0.6 is 11.6 Å². The number of sulfonamides is 1. The van der Waals surface area contributed by atoms with Gasteiger partial charge in [0, 0.05) is 17.6 Å². The molecule has 2 rings (SSSR count). The minimum atomic E-state index is -3.69. The van der Waals surface area contributed by atoms with Crippen molar-refractivity contribution in [3.63, 3.8) is 0 Å². The first kappa shape index (κ1) is 15.5. The highest BCUT2D eigenvalue weighted by molar-refractivity contribution is 7.90. The van der Waals surface area contributed by atoms with Gasteiger partial charge in [-0.05, 0) is 36.8 Å². The number of nitrogens with zero attached hydrogens (tertiary/aromatic N) is 1. The van der Waals surface area contributed by atoms with E-state index in [0.29, 0.717) is 10.9 Å². The third-order valence-corrected chi connectivity index (χ3v) is 4.59. The molecule has 110 valence electrons. The molecule has 0 saturated heterocycles. The van der Waals surface area contributed by atoms with Crippen LogP contribution in [-0.2, 0) is 10.0 Å². The minimum absolute atomic E-state index is 0.140. The molecule has 0 heterocycles. The first-order valence-electron chi connectivity index (χ1n) is 6.25. The highest BCUT2D eigenvalue weighted by atomic mass is 35.5. The first-order valence-corrected chi connectivity index (χ1v) is 8.11. The second kappa shape index (κ2) is 6.28. The Morgan fingerprint density at radius 1 is 1.10 bits per heavy atom. The van der Waals surface area contributed by atoms with Crippen LogP contribution in [0.15, 0.2) is 58.4 Å². The molecule has 0 amide bonds. The van der Waals surface area contributed by atoms with Gasteiger partial charge in [-0.15, -0.1) is 0 Å². The van der Waals surface area contributed by atoms with Gasteiger partial charge < -0.3 is 0 Å². The molecule has 2 aromatic carbocycles. The second-order valence-electron chi connectivity index (χ2n) is 4.45. The van der Waals surface area contributed by atoms with Crippen LogP contribution in [0.5, 0.6) is 0 Å². The fourth-order valence-electron chi connectivity index (χ4n) is 1.86. The Morgan fingerprint density at radius 2 is 1.71 bits per heavy atom. The molecule has 21 heavy (non-hydrogen) atoms. The van der Waals surface area contributed by atoms with Crippen molar-refractivity contribution in [2.45, 2.75) is 11.8 Å². The van der Waals surface area contributed by atoms with Crippen LogP contribution in [0.25, 0.3) is 0 Å². The Morgan fingerprint density at radius 3 is 2.29 bits per heavy atom. The Kier molecular flexibility index (Phi) is 4.65. The minimum Gasteiger partial charge on any atom is -0.271 e. The maximum Gasteiger partial charge on any atom is 0.263 e. The van der Waals surface area contributed by atoms with E-state index in [1.165, 1.54) is 24.3 Å². The molecule has 0 fully saturated rings. The average Bonchev–Trinajstić information content (AvgIpc) is 2.46. The lowest BCUT2D eigenvalue weighted by atomic mass is 10.1. The molecule has 4 nitrogen and oxygen atoms in total. The summed E-state index contributed by atoms with van der Waals surface area (Å²) in [5.41, 5.74) is 1.69. The summed E-state index contributed by atoms with van der Waals surface area (Å²) in [7, 11) is -2.14. The zero-order valence-electron chi connectivity index (χ0n) is 11.7. The van der Waals surface area contributed by atoms with Crippen molar-refractivity contribution >= 4 is 27.5 Å². The normalized spacial score (nSPS) is 12.2. The highest BCUT2D eigenvalue weighted by Gasteiger charge is 2.17. The molecule has 0 bridgehead atoms. The summed E-state index contributed by atoms with van der Waals surface area (Å²) in [6.45, 7) is 1.90. The number of aryl methyl sites for hydroxylation is 1. The zero-order chi connectivity index (χ0) is 15.5. The van der Waals surface area contributed by atoms with E-state index < -0.39 is 10.0 Å². The van der Waals surface area contributed by atoms with Crippen molar-refractivity contribution in [1.82, 2.24) is 4.72 Å². The van der Waals surface area contributed by atoms with Gasteiger partial charge in [-0.25, -0.2) is 8.42 Å². The van der Waals surface area contributed by atoms with Crippen LogP contribution in [0.2, 0.25) is 5.02 Å². The summed E-state index contributed by atoms with van der Waals surface area (Å²) in [6, 6.07) is 13.4. The summed E-state index contributed by atoms with van der Waals surface area (Å²) in [6.07, 6.45) is 0. The Bertz CT molecular complexity index is 769. The van der Waals surface area contributed by atoms with Gasteiger partial charge in [-0.3, -0.25) is 9.71 Å². The van der Waals surface area contributed by atoms with Crippen molar-refractivity contribution < 1.29 is 8.42 Å². The van der Waals surface area contributed by atoms with Crippen LogP contribution < -0.4 is 4.72 Å². The summed E-state index contributed by atoms with van der Waals surface area (Å²) in [5, 5.41) is 0.484. The van der Waals surface area contributed by atoms with Gasteiger partial charge in [0.1, 0.15) is 5.84 Å². The molecule has 0 aromatic heterocycles. The highest BCUT2D eigenvalue weighted by Crippen LogP contribution is 2.15. The van der Waals surface area contributed by atoms with Gasteiger partial charge in [-0.1, -0.05) is 35.9 Å². The third-order valence-electron chi connectivity index (χ3n) is 2.98. The fraction of sp³-hybridized carbons (Fsp3) is 0.133. The molecule has 0 spiro atoms. The molecule has 6 heteroatoms. The van der Waals surface area contributed by atoms with Crippen molar-refractivity contribution in [3.8, 4) is 0 Å². The monoisotopic (exact) mass is 322 g/mol. The Balaban J connectivity index is 2.35. The molecule has 0 unspecified atom stereocenters. The molecule has 0 aliphatic carbocycles. The van der Waals surface area contributed by atoms with Gasteiger partial charge in [0.25, 0.3) is 10.0 Å². The summed E-state index contributed by atoms with van der Waals surface area (Å²) < 4.78 is 27.2. The molecule has 1 N–H and O–H groups in total. The second-order valence-corrected chi connectivity index (χ2v) is 6.57. The summed E-state index contributed by atoms with van der Waals surface area (Å²) in [4.78, 5) is 4.19. The molecule has 0 atom stereocenters. The number of hydrogen-bond donors (Lipinski definition) is 1. The van der Waals surface area contributed by atoms with Crippen LogP contribution in [0.4, 0.5) is 0 Å². The van der Waals surface area contributed by atoms with E-state index in [-0.39, 0.29) is 4.90 Å². The van der Waals surface area contributed by atoms with E-state index in [4.69, 9.17) is 11.6 Å². The largest absolute Gasteiger partial charge is 0.271 e. The van der Waals surface area contributed by atoms with Crippen molar-refractivity contribution in [2.24, 2.45) is 4.99 Å². The molecule has 0 radical (unpaired) electrons. The number of amidine groups is 1.